The standard InChI is InChI=1S/C22H24F3N3O4/c1-20(2)9-15-17(16(29)10-20)21(22(23,24)25,27-18(30)13-5-3-7-26-11-13)19(31)28(15)12-14-6-4-8-32-14/h3,5,7,11,14H,4,6,8-10,12H2,1-2H3,(H,27,30)/t14-,21-/m1/s1. The molecule has 4 rings (SSSR count). The van der Waals surface area contributed by atoms with E-state index in [0.717, 1.165) is 17.5 Å². The van der Waals surface area contributed by atoms with Crippen LogP contribution in [0.3, 0.4) is 0 Å². The number of hydrogen-bond acceptors (Lipinski definition) is 5. The first-order chi connectivity index (χ1) is 15.0. The fourth-order valence-corrected chi connectivity index (χ4v) is 4.75. The largest absolute Gasteiger partial charge is 0.425 e. The quantitative estimate of drug-likeness (QED) is 0.761. The average Bonchev–Trinajstić information content (AvgIpc) is 3.29. The molecule has 32 heavy (non-hydrogen) atoms. The second-order valence-corrected chi connectivity index (χ2v) is 9.26. The summed E-state index contributed by atoms with van der Waals surface area (Å²) >= 11 is 0. The van der Waals surface area contributed by atoms with E-state index < -0.39 is 46.4 Å². The van der Waals surface area contributed by atoms with Crippen molar-refractivity contribution in [3.8, 4) is 0 Å². The number of carbonyl (C=O) groups excluding carboxylic acids is 3. The Kier molecular flexibility index (Phi) is 5.39. The Morgan fingerprint density at radius 1 is 1.31 bits per heavy atom. The first-order valence-electron chi connectivity index (χ1n) is 10.5. The van der Waals surface area contributed by atoms with E-state index in [4.69, 9.17) is 4.74 Å². The van der Waals surface area contributed by atoms with Crippen LogP contribution in [0.15, 0.2) is 35.8 Å². The molecule has 0 aromatic carbocycles. The minimum atomic E-state index is -5.23. The Hall–Kier alpha value is -2.75. The molecule has 3 heterocycles. The normalized spacial score (nSPS) is 27.7. The van der Waals surface area contributed by atoms with Crippen molar-refractivity contribution in [3.05, 3.63) is 41.4 Å². The van der Waals surface area contributed by atoms with Gasteiger partial charge in [0.2, 0.25) is 5.54 Å². The number of aromatic nitrogens is 1. The first-order valence-corrected chi connectivity index (χ1v) is 10.5. The molecule has 2 amide bonds. The molecule has 2 atom stereocenters. The Morgan fingerprint density at radius 2 is 2.06 bits per heavy atom. The van der Waals surface area contributed by atoms with Crippen LogP contribution in [0.2, 0.25) is 0 Å². The molecule has 2 aliphatic heterocycles. The van der Waals surface area contributed by atoms with Crippen molar-refractivity contribution in [3.63, 3.8) is 0 Å². The lowest BCUT2D eigenvalue weighted by Crippen LogP contribution is -2.66. The molecule has 10 heteroatoms. The summed E-state index contributed by atoms with van der Waals surface area (Å²) in [5.41, 5.74) is -4.87. The lowest BCUT2D eigenvalue weighted by atomic mass is 9.72. The van der Waals surface area contributed by atoms with Crippen molar-refractivity contribution in [2.24, 2.45) is 5.41 Å². The Labute approximate surface area is 183 Å². The van der Waals surface area contributed by atoms with Crippen molar-refractivity contribution in [1.82, 2.24) is 15.2 Å². The summed E-state index contributed by atoms with van der Waals surface area (Å²) in [7, 11) is 0. The highest BCUT2D eigenvalue weighted by atomic mass is 19.4. The predicted octanol–water partition coefficient (Wildman–Crippen LogP) is 2.78. The van der Waals surface area contributed by atoms with Gasteiger partial charge in [-0.15, -0.1) is 0 Å². The number of hydrogen-bond donors (Lipinski definition) is 1. The van der Waals surface area contributed by atoms with Crippen LogP contribution in [0.5, 0.6) is 0 Å². The number of pyridine rings is 1. The zero-order valence-electron chi connectivity index (χ0n) is 17.8. The van der Waals surface area contributed by atoms with E-state index in [1.165, 1.54) is 18.3 Å². The number of allylic oxidation sites excluding steroid dienone is 1. The first kappa shape index (κ1) is 22.4. The molecule has 1 aliphatic carbocycles. The molecule has 1 aromatic heterocycles. The summed E-state index contributed by atoms with van der Waals surface area (Å²) in [6, 6.07) is 2.69. The van der Waals surface area contributed by atoms with Gasteiger partial charge in [-0.2, -0.15) is 13.2 Å². The van der Waals surface area contributed by atoms with Crippen molar-refractivity contribution in [2.75, 3.05) is 13.2 Å². The number of rotatable bonds is 4. The molecule has 0 spiro atoms. The lowest BCUT2D eigenvalue weighted by Gasteiger charge is -2.35. The van der Waals surface area contributed by atoms with E-state index in [-0.39, 0.29) is 30.6 Å². The van der Waals surface area contributed by atoms with Crippen LogP contribution in [-0.2, 0) is 14.3 Å². The molecular formula is C22H24F3N3O4. The maximum atomic E-state index is 14.7. The summed E-state index contributed by atoms with van der Waals surface area (Å²) in [5, 5.41) is 1.90. The van der Waals surface area contributed by atoms with E-state index in [1.807, 2.05) is 5.32 Å². The SMILES string of the molecule is CC1(C)CC(=O)C2=C(C1)N(C[C@H]1CCCO1)C(=O)[C@@]2(NC(=O)c1cccnc1)C(F)(F)F. The third-order valence-electron chi connectivity index (χ3n) is 6.18. The van der Waals surface area contributed by atoms with Gasteiger partial charge in [0.15, 0.2) is 5.78 Å². The van der Waals surface area contributed by atoms with Gasteiger partial charge in [-0.1, -0.05) is 13.8 Å². The summed E-state index contributed by atoms with van der Waals surface area (Å²) in [6.07, 6.45) is -1.90. The van der Waals surface area contributed by atoms with Gasteiger partial charge in [-0.3, -0.25) is 19.4 Å². The van der Waals surface area contributed by atoms with Crippen molar-refractivity contribution < 1.29 is 32.3 Å². The van der Waals surface area contributed by atoms with Crippen LogP contribution in [0.4, 0.5) is 13.2 Å². The number of ketones is 1. The van der Waals surface area contributed by atoms with Crippen LogP contribution in [0, 0.1) is 5.41 Å². The molecule has 1 fully saturated rings. The van der Waals surface area contributed by atoms with E-state index in [1.54, 1.807) is 13.8 Å². The minimum Gasteiger partial charge on any atom is -0.376 e. The number of alkyl halides is 3. The molecule has 0 saturated carbocycles. The van der Waals surface area contributed by atoms with Gasteiger partial charge in [0.25, 0.3) is 11.8 Å². The highest BCUT2D eigenvalue weighted by molar-refractivity contribution is 6.14. The van der Waals surface area contributed by atoms with Crippen LogP contribution >= 0.6 is 0 Å². The molecule has 172 valence electrons. The number of nitrogens with one attached hydrogen (secondary N) is 1. The number of Topliss-reactive ketones (excluding diaryl/α,β-unsaturated/α-hetero) is 1. The van der Waals surface area contributed by atoms with Gasteiger partial charge in [-0.05, 0) is 36.8 Å². The summed E-state index contributed by atoms with van der Waals surface area (Å²) in [5.74, 6) is -3.29. The summed E-state index contributed by atoms with van der Waals surface area (Å²) < 4.78 is 49.6. The third kappa shape index (κ3) is 3.60. The topological polar surface area (TPSA) is 88.6 Å². The zero-order chi connectivity index (χ0) is 23.3. The lowest BCUT2D eigenvalue weighted by molar-refractivity contribution is -0.191. The zero-order valence-corrected chi connectivity index (χ0v) is 17.8. The third-order valence-corrected chi connectivity index (χ3v) is 6.18. The Balaban J connectivity index is 1.84. The smallest absolute Gasteiger partial charge is 0.376 e. The Morgan fingerprint density at radius 3 is 2.66 bits per heavy atom. The van der Waals surface area contributed by atoms with Gasteiger partial charge in [0, 0.05) is 31.1 Å². The number of amides is 2. The van der Waals surface area contributed by atoms with Gasteiger partial charge in [-0.25, -0.2) is 0 Å². The second kappa shape index (κ2) is 7.68. The summed E-state index contributed by atoms with van der Waals surface area (Å²) in [4.78, 5) is 44.1. The monoisotopic (exact) mass is 451 g/mol. The Bertz CT molecular complexity index is 984. The van der Waals surface area contributed by atoms with E-state index in [0.29, 0.717) is 13.0 Å². The molecule has 0 bridgehead atoms. The molecule has 1 saturated heterocycles. The molecule has 0 radical (unpaired) electrons. The van der Waals surface area contributed by atoms with Crippen LogP contribution in [0.1, 0.15) is 49.9 Å². The highest BCUT2D eigenvalue weighted by Gasteiger charge is 2.71. The van der Waals surface area contributed by atoms with Crippen molar-refractivity contribution >= 4 is 17.6 Å². The molecule has 0 unspecified atom stereocenters. The average molecular weight is 451 g/mol. The van der Waals surface area contributed by atoms with Crippen LogP contribution in [-0.4, -0.2) is 58.5 Å². The molecule has 7 nitrogen and oxygen atoms in total. The maximum absolute atomic E-state index is 14.7. The minimum absolute atomic E-state index is 0.0237. The van der Waals surface area contributed by atoms with E-state index in [9.17, 15) is 27.6 Å². The van der Waals surface area contributed by atoms with Gasteiger partial charge < -0.3 is 15.0 Å². The maximum Gasteiger partial charge on any atom is 0.425 e. The van der Waals surface area contributed by atoms with Crippen LogP contribution in [0.25, 0.3) is 0 Å². The molecule has 1 N–H and O–H groups in total. The van der Waals surface area contributed by atoms with Gasteiger partial charge >= 0.3 is 6.18 Å². The number of ether oxygens (including phenoxy) is 1. The molecular weight excluding hydrogens is 427 g/mol. The predicted molar refractivity (Wildman–Crippen MR) is 106 cm³/mol. The van der Waals surface area contributed by atoms with Crippen molar-refractivity contribution in [2.45, 2.75) is 57.3 Å². The molecule has 3 aliphatic rings. The number of nitrogens with zero attached hydrogens (tertiary/aromatic N) is 2. The molecule has 1 aromatic rings. The number of carbonyl (C=O) groups is 3. The fourth-order valence-electron chi connectivity index (χ4n) is 4.75. The van der Waals surface area contributed by atoms with Crippen LogP contribution < -0.4 is 5.32 Å². The fraction of sp³-hybridized carbons (Fsp3) is 0.545. The van der Waals surface area contributed by atoms with Gasteiger partial charge in [0.05, 0.1) is 23.8 Å². The summed E-state index contributed by atoms with van der Waals surface area (Å²) in [6.45, 7) is 3.91. The van der Waals surface area contributed by atoms with Gasteiger partial charge in [0.1, 0.15) is 0 Å². The van der Waals surface area contributed by atoms with Crippen molar-refractivity contribution in [1.29, 1.82) is 0 Å². The van der Waals surface area contributed by atoms with E-state index >= 15 is 0 Å². The number of halogens is 3. The highest BCUT2D eigenvalue weighted by Crippen LogP contribution is 2.52. The second-order valence-electron chi connectivity index (χ2n) is 9.26. The van der Waals surface area contributed by atoms with E-state index in [2.05, 4.69) is 4.98 Å².